The van der Waals surface area contributed by atoms with E-state index in [9.17, 15) is 4.79 Å². The van der Waals surface area contributed by atoms with E-state index in [0.717, 1.165) is 25.1 Å². The van der Waals surface area contributed by atoms with Crippen LogP contribution in [-0.2, 0) is 9.47 Å². The second-order valence-electron chi connectivity index (χ2n) is 8.00. The van der Waals surface area contributed by atoms with Gasteiger partial charge in [-0.15, -0.1) is 0 Å². The number of aldehydes is 1. The molecule has 0 aliphatic heterocycles. The van der Waals surface area contributed by atoms with Gasteiger partial charge >= 0.3 is 0 Å². The summed E-state index contributed by atoms with van der Waals surface area (Å²) < 4.78 is 16.7. The van der Waals surface area contributed by atoms with Crippen molar-refractivity contribution in [1.82, 2.24) is 0 Å². The lowest BCUT2D eigenvalue weighted by Crippen LogP contribution is -2.11. The molecule has 0 atom stereocenters. The summed E-state index contributed by atoms with van der Waals surface area (Å²) in [6.07, 6.45) is 18.7. The van der Waals surface area contributed by atoms with Crippen LogP contribution in [0.4, 0.5) is 0 Å². The topological polar surface area (TPSA) is 44.8 Å². The van der Waals surface area contributed by atoms with Crippen molar-refractivity contribution in [2.24, 2.45) is 0 Å². The van der Waals surface area contributed by atoms with Crippen molar-refractivity contribution < 1.29 is 19.0 Å². The lowest BCUT2D eigenvalue weighted by atomic mass is 10.0. The van der Waals surface area contributed by atoms with E-state index >= 15 is 0 Å². The molecule has 0 radical (unpaired) electrons. The zero-order valence-electron chi connectivity index (χ0n) is 19.2. The zero-order chi connectivity index (χ0) is 21.5. The average molecular weight is 421 g/mol. The fourth-order valence-corrected chi connectivity index (χ4v) is 3.40. The van der Waals surface area contributed by atoms with Gasteiger partial charge in [-0.25, -0.2) is 0 Å². The maximum Gasteiger partial charge on any atom is 0.150 e. The summed E-state index contributed by atoms with van der Waals surface area (Å²) >= 11 is 0. The van der Waals surface area contributed by atoms with Gasteiger partial charge in [0.15, 0.2) is 0 Å². The minimum absolute atomic E-state index is 0.499. The summed E-state index contributed by atoms with van der Waals surface area (Å²) in [5, 5.41) is 0. The molecule has 0 N–H and O–H groups in total. The maximum atomic E-state index is 10.6. The smallest absolute Gasteiger partial charge is 0.150 e. The highest BCUT2D eigenvalue weighted by Crippen LogP contribution is 2.13. The fourth-order valence-electron chi connectivity index (χ4n) is 3.40. The summed E-state index contributed by atoms with van der Waals surface area (Å²) in [5.74, 6) is 0.753. The number of hydrogen-bond donors (Lipinski definition) is 0. The third kappa shape index (κ3) is 16.4. The molecule has 4 nitrogen and oxygen atoms in total. The monoisotopic (exact) mass is 420 g/mol. The van der Waals surface area contributed by atoms with Crippen LogP contribution in [0.2, 0.25) is 0 Å². The summed E-state index contributed by atoms with van der Waals surface area (Å²) in [7, 11) is 0. The van der Waals surface area contributed by atoms with Crippen LogP contribution in [0.5, 0.6) is 5.75 Å². The highest BCUT2D eigenvalue weighted by Gasteiger charge is 1.97. The quantitative estimate of drug-likeness (QED) is 0.150. The first-order chi connectivity index (χ1) is 14.9. The van der Waals surface area contributed by atoms with Gasteiger partial charge in [0.1, 0.15) is 18.6 Å². The first-order valence-corrected chi connectivity index (χ1v) is 12.2. The molecule has 0 heterocycles. The number of hydrogen-bond acceptors (Lipinski definition) is 4. The molecule has 0 aliphatic carbocycles. The van der Waals surface area contributed by atoms with Crippen molar-refractivity contribution >= 4 is 6.29 Å². The predicted molar refractivity (Wildman–Crippen MR) is 125 cm³/mol. The predicted octanol–water partition coefficient (Wildman–Crippen LogP) is 7.00. The summed E-state index contributed by atoms with van der Waals surface area (Å²) in [4.78, 5) is 10.6. The van der Waals surface area contributed by atoms with Gasteiger partial charge in [-0.05, 0) is 30.7 Å². The van der Waals surface area contributed by atoms with Crippen molar-refractivity contribution in [2.45, 2.75) is 90.4 Å². The van der Waals surface area contributed by atoms with Crippen molar-refractivity contribution in [3.63, 3.8) is 0 Å². The van der Waals surface area contributed by atoms with Crippen molar-refractivity contribution in [3.05, 3.63) is 29.8 Å². The molecular formula is C26H44O4. The minimum Gasteiger partial charge on any atom is -0.491 e. The Morgan fingerprint density at radius 2 is 1.07 bits per heavy atom. The SMILES string of the molecule is CCCCCCCCCCCCCCCOCCOCCOc1ccc(C=O)cc1. The number of rotatable bonds is 22. The molecule has 0 aromatic heterocycles. The van der Waals surface area contributed by atoms with Crippen LogP contribution >= 0.6 is 0 Å². The molecule has 0 bridgehead atoms. The molecule has 30 heavy (non-hydrogen) atoms. The molecule has 1 aromatic carbocycles. The number of benzene rings is 1. The highest BCUT2D eigenvalue weighted by atomic mass is 16.5. The van der Waals surface area contributed by atoms with Gasteiger partial charge in [-0.2, -0.15) is 0 Å². The Labute approximate surface area is 184 Å². The van der Waals surface area contributed by atoms with Crippen molar-refractivity contribution in [1.29, 1.82) is 0 Å². The first kappa shape index (κ1) is 26.6. The lowest BCUT2D eigenvalue weighted by Gasteiger charge is -2.08. The summed E-state index contributed by atoms with van der Waals surface area (Å²) in [5.41, 5.74) is 0.652. The van der Waals surface area contributed by atoms with Gasteiger partial charge in [-0.1, -0.05) is 84.0 Å². The van der Waals surface area contributed by atoms with Crippen LogP contribution in [0.15, 0.2) is 24.3 Å². The van der Waals surface area contributed by atoms with Gasteiger partial charge in [0.05, 0.1) is 19.8 Å². The van der Waals surface area contributed by atoms with E-state index in [1.807, 2.05) is 0 Å². The van der Waals surface area contributed by atoms with E-state index in [1.54, 1.807) is 24.3 Å². The van der Waals surface area contributed by atoms with E-state index in [4.69, 9.17) is 14.2 Å². The number of ether oxygens (including phenoxy) is 3. The van der Waals surface area contributed by atoms with Crippen LogP contribution in [0.1, 0.15) is 101 Å². The second kappa shape index (κ2) is 20.9. The van der Waals surface area contributed by atoms with Crippen LogP contribution in [0, 0.1) is 0 Å². The maximum absolute atomic E-state index is 10.6. The van der Waals surface area contributed by atoms with Gasteiger partial charge < -0.3 is 14.2 Å². The molecule has 0 spiro atoms. The van der Waals surface area contributed by atoms with Gasteiger partial charge in [0.25, 0.3) is 0 Å². The molecule has 4 heteroatoms. The first-order valence-electron chi connectivity index (χ1n) is 12.2. The number of unbranched alkanes of at least 4 members (excludes halogenated alkanes) is 12. The van der Waals surface area contributed by atoms with E-state index in [0.29, 0.717) is 32.0 Å². The van der Waals surface area contributed by atoms with Gasteiger partial charge in [-0.3, -0.25) is 4.79 Å². The van der Waals surface area contributed by atoms with Crippen LogP contribution < -0.4 is 4.74 Å². The second-order valence-corrected chi connectivity index (χ2v) is 8.00. The van der Waals surface area contributed by atoms with E-state index in [2.05, 4.69) is 6.92 Å². The van der Waals surface area contributed by atoms with E-state index < -0.39 is 0 Å². The Hall–Kier alpha value is -1.39. The zero-order valence-corrected chi connectivity index (χ0v) is 19.2. The van der Waals surface area contributed by atoms with Crippen molar-refractivity contribution in [3.8, 4) is 5.75 Å². The Morgan fingerprint density at radius 1 is 0.600 bits per heavy atom. The highest BCUT2D eigenvalue weighted by molar-refractivity contribution is 5.74. The molecule has 0 fully saturated rings. The largest absolute Gasteiger partial charge is 0.491 e. The normalized spacial score (nSPS) is 11.0. The molecule has 1 aromatic rings. The standard InChI is InChI=1S/C26H44O4/c1-2-3-4-5-6-7-8-9-10-11-12-13-14-19-28-20-21-29-22-23-30-26-17-15-25(24-27)16-18-26/h15-18,24H,2-14,19-23H2,1H3. The van der Waals surface area contributed by atoms with Crippen molar-refractivity contribution in [2.75, 3.05) is 33.0 Å². The molecule has 0 saturated carbocycles. The lowest BCUT2D eigenvalue weighted by molar-refractivity contribution is 0.0352. The molecule has 172 valence electrons. The summed E-state index contributed by atoms with van der Waals surface area (Å²) in [6.45, 7) is 5.40. The Morgan fingerprint density at radius 3 is 1.60 bits per heavy atom. The fraction of sp³-hybridized carbons (Fsp3) is 0.731. The third-order valence-electron chi connectivity index (χ3n) is 5.28. The minimum atomic E-state index is 0.499. The molecule has 0 aliphatic rings. The number of carbonyl (C=O) groups is 1. The molecule has 0 amide bonds. The van der Waals surface area contributed by atoms with Gasteiger partial charge in [0.2, 0.25) is 0 Å². The molecule has 0 saturated heterocycles. The molecule has 0 unspecified atom stereocenters. The third-order valence-corrected chi connectivity index (χ3v) is 5.28. The average Bonchev–Trinajstić information content (AvgIpc) is 2.78. The van der Waals surface area contributed by atoms with Crippen LogP contribution in [0.3, 0.4) is 0 Å². The van der Waals surface area contributed by atoms with E-state index in [-0.39, 0.29) is 0 Å². The Bertz CT molecular complexity index is 486. The molecular weight excluding hydrogens is 376 g/mol. The summed E-state index contributed by atoms with van der Waals surface area (Å²) in [6, 6.07) is 7.08. The molecule has 1 rings (SSSR count). The van der Waals surface area contributed by atoms with Crippen LogP contribution in [0.25, 0.3) is 0 Å². The van der Waals surface area contributed by atoms with Gasteiger partial charge in [0, 0.05) is 12.2 Å². The Kier molecular flexibility index (Phi) is 18.5. The van der Waals surface area contributed by atoms with Crippen LogP contribution in [-0.4, -0.2) is 39.3 Å². The number of carbonyl (C=O) groups excluding carboxylic acids is 1. The Balaban J connectivity index is 1.72. The van der Waals surface area contributed by atoms with E-state index in [1.165, 1.54) is 77.0 Å².